The summed E-state index contributed by atoms with van der Waals surface area (Å²) < 4.78 is 6.62. The largest absolute Gasteiger partial charge is 0.383 e. The Labute approximate surface area is 158 Å². The Hall–Kier alpha value is -2.41. The van der Waals surface area contributed by atoms with Crippen LogP contribution in [0.2, 0.25) is 0 Å². The number of piperazine rings is 1. The van der Waals surface area contributed by atoms with Crippen LogP contribution in [0.4, 0.5) is 5.69 Å². The standard InChI is InChI=1S/C20H26N4O3/c1-27-12-11-24-14-21-18-13-16(5-6-17(18)20(24)26)22-7-9-23(10-8-22)19(25)15-3-2-4-15/h5-6,13-15H,2-4,7-12H2,1H3. The lowest BCUT2D eigenvalue weighted by molar-refractivity contribution is -0.138. The fourth-order valence-electron chi connectivity index (χ4n) is 3.79. The Morgan fingerprint density at radius 1 is 1.22 bits per heavy atom. The first kappa shape index (κ1) is 18.0. The molecule has 7 nitrogen and oxygen atoms in total. The van der Waals surface area contributed by atoms with Crippen molar-refractivity contribution in [1.29, 1.82) is 0 Å². The van der Waals surface area contributed by atoms with Crippen molar-refractivity contribution in [2.45, 2.75) is 25.8 Å². The van der Waals surface area contributed by atoms with E-state index in [-0.39, 0.29) is 11.5 Å². The minimum absolute atomic E-state index is 0.0421. The molecule has 27 heavy (non-hydrogen) atoms. The molecule has 1 aliphatic heterocycles. The summed E-state index contributed by atoms with van der Waals surface area (Å²) in [4.78, 5) is 33.7. The summed E-state index contributed by atoms with van der Waals surface area (Å²) in [7, 11) is 1.62. The van der Waals surface area contributed by atoms with E-state index in [0.29, 0.717) is 30.0 Å². The van der Waals surface area contributed by atoms with Gasteiger partial charge in [-0.25, -0.2) is 4.98 Å². The number of amides is 1. The summed E-state index contributed by atoms with van der Waals surface area (Å²) in [5.41, 5.74) is 1.72. The van der Waals surface area contributed by atoms with Gasteiger partial charge in [0, 0.05) is 44.9 Å². The molecule has 1 saturated carbocycles. The van der Waals surface area contributed by atoms with Crippen molar-refractivity contribution < 1.29 is 9.53 Å². The average molecular weight is 370 g/mol. The lowest BCUT2D eigenvalue weighted by Gasteiger charge is -2.39. The van der Waals surface area contributed by atoms with E-state index in [2.05, 4.69) is 9.88 Å². The number of carbonyl (C=O) groups is 1. The minimum atomic E-state index is -0.0421. The fraction of sp³-hybridized carbons (Fsp3) is 0.550. The molecule has 7 heteroatoms. The topological polar surface area (TPSA) is 67.7 Å². The number of carbonyl (C=O) groups excluding carboxylic acids is 1. The number of fused-ring (bicyclic) bond motifs is 1. The van der Waals surface area contributed by atoms with Crippen LogP contribution in [0, 0.1) is 5.92 Å². The molecule has 0 radical (unpaired) electrons. The highest BCUT2D eigenvalue weighted by Crippen LogP contribution is 2.29. The number of aromatic nitrogens is 2. The Morgan fingerprint density at radius 2 is 2.00 bits per heavy atom. The zero-order valence-corrected chi connectivity index (χ0v) is 15.8. The fourth-order valence-corrected chi connectivity index (χ4v) is 3.79. The van der Waals surface area contributed by atoms with Gasteiger partial charge in [0.2, 0.25) is 5.91 Å². The molecular formula is C20H26N4O3. The minimum Gasteiger partial charge on any atom is -0.383 e. The van der Waals surface area contributed by atoms with E-state index < -0.39 is 0 Å². The lowest BCUT2D eigenvalue weighted by Crippen LogP contribution is -2.51. The Kier molecular flexibility index (Phi) is 5.11. The smallest absolute Gasteiger partial charge is 0.261 e. The Balaban J connectivity index is 1.46. The second-order valence-corrected chi connectivity index (χ2v) is 7.38. The van der Waals surface area contributed by atoms with Crippen molar-refractivity contribution in [3.05, 3.63) is 34.9 Å². The summed E-state index contributed by atoms with van der Waals surface area (Å²) in [5, 5.41) is 0.621. The van der Waals surface area contributed by atoms with E-state index in [4.69, 9.17) is 4.74 Å². The van der Waals surface area contributed by atoms with E-state index in [1.807, 2.05) is 23.1 Å². The SMILES string of the molecule is COCCn1cnc2cc(N3CCN(C(=O)C4CCC4)CC3)ccc2c1=O. The molecule has 0 bridgehead atoms. The third-order valence-corrected chi connectivity index (χ3v) is 5.76. The van der Waals surface area contributed by atoms with Crippen LogP contribution in [-0.2, 0) is 16.1 Å². The van der Waals surface area contributed by atoms with Crippen molar-refractivity contribution in [1.82, 2.24) is 14.5 Å². The maximum absolute atomic E-state index is 12.5. The van der Waals surface area contributed by atoms with Crippen molar-refractivity contribution in [3.8, 4) is 0 Å². The molecule has 0 N–H and O–H groups in total. The maximum atomic E-state index is 12.5. The molecule has 2 aliphatic rings. The molecule has 1 amide bonds. The zero-order chi connectivity index (χ0) is 18.8. The van der Waals surface area contributed by atoms with Crippen LogP contribution in [-0.4, -0.2) is 60.3 Å². The van der Waals surface area contributed by atoms with Crippen molar-refractivity contribution in [2.75, 3.05) is 44.8 Å². The molecular weight excluding hydrogens is 344 g/mol. The quantitative estimate of drug-likeness (QED) is 0.798. The van der Waals surface area contributed by atoms with Crippen LogP contribution < -0.4 is 10.5 Å². The zero-order valence-electron chi connectivity index (χ0n) is 15.8. The predicted molar refractivity (Wildman–Crippen MR) is 104 cm³/mol. The first-order chi connectivity index (χ1) is 13.2. The number of anilines is 1. The van der Waals surface area contributed by atoms with Gasteiger partial charge in [0.25, 0.3) is 5.56 Å². The molecule has 2 heterocycles. The second kappa shape index (κ2) is 7.68. The first-order valence-electron chi connectivity index (χ1n) is 9.69. The van der Waals surface area contributed by atoms with E-state index in [9.17, 15) is 9.59 Å². The highest BCUT2D eigenvalue weighted by Gasteiger charge is 2.31. The molecule has 1 saturated heterocycles. The van der Waals surface area contributed by atoms with Gasteiger partial charge in [-0.3, -0.25) is 14.2 Å². The Morgan fingerprint density at radius 3 is 2.67 bits per heavy atom. The Bertz CT molecular complexity index is 882. The van der Waals surface area contributed by atoms with Gasteiger partial charge < -0.3 is 14.5 Å². The summed E-state index contributed by atoms with van der Waals surface area (Å²) >= 11 is 0. The van der Waals surface area contributed by atoms with Gasteiger partial charge in [-0.15, -0.1) is 0 Å². The molecule has 0 spiro atoms. The number of methoxy groups -OCH3 is 1. The average Bonchev–Trinajstić information content (AvgIpc) is 2.66. The van der Waals surface area contributed by atoms with Gasteiger partial charge in [-0.05, 0) is 31.0 Å². The number of ether oxygens (including phenoxy) is 1. The van der Waals surface area contributed by atoms with Crippen LogP contribution in [0.1, 0.15) is 19.3 Å². The third kappa shape index (κ3) is 3.56. The summed E-state index contributed by atoms with van der Waals surface area (Å²) in [6.07, 6.45) is 4.88. The van der Waals surface area contributed by atoms with Crippen LogP contribution in [0.15, 0.2) is 29.3 Å². The van der Waals surface area contributed by atoms with E-state index in [1.165, 1.54) is 6.42 Å². The van der Waals surface area contributed by atoms with Crippen molar-refractivity contribution >= 4 is 22.5 Å². The van der Waals surface area contributed by atoms with E-state index in [0.717, 1.165) is 44.7 Å². The van der Waals surface area contributed by atoms with Gasteiger partial charge in [0.15, 0.2) is 0 Å². The summed E-state index contributed by atoms with van der Waals surface area (Å²) in [6.45, 7) is 4.13. The van der Waals surface area contributed by atoms with Crippen LogP contribution in [0.25, 0.3) is 10.9 Å². The van der Waals surface area contributed by atoms with Gasteiger partial charge in [-0.1, -0.05) is 6.42 Å². The van der Waals surface area contributed by atoms with E-state index in [1.54, 1.807) is 18.0 Å². The summed E-state index contributed by atoms with van der Waals surface area (Å²) in [5.74, 6) is 0.597. The molecule has 2 fully saturated rings. The predicted octanol–water partition coefficient (Wildman–Crippen LogP) is 1.49. The van der Waals surface area contributed by atoms with Crippen molar-refractivity contribution in [3.63, 3.8) is 0 Å². The molecule has 1 aromatic heterocycles. The first-order valence-corrected chi connectivity index (χ1v) is 9.69. The number of hydrogen-bond donors (Lipinski definition) is 0. The number of rotatable bonds is 5. The molecule has 144 valence electrons. The van der Waals surface area contributed by atoms with Crippen LogP contribution >= 0.6 is 0 Å². The highest BCUT2D eigenvalue weighted by atomic mass is 16.5. The van der Waals surface area contributed by atoms with Crippen LogP contribution in [0.3, 0.4) is 0 Å². The molecule has 1 aromatic carbocycles. The van der Waals surface area contributed by atoms with Gasteiger partial charge in [0.05, 0.1) is 30.4 Å². The molecule has 0 atom stereocenters. The number of benzene rings is 1. The maximum Gasteiger partial charge on any atom is 0.261 e. The highest BCUT2D eigenvalue weighted by molar-refractivity contribution is 5.82. The molecule has 4 rings (SSSR count). The molecule has 0 unspecified atom stereocenters. The van der Waals surface area contributed by atoms with E-state index >= 15 is 0 Å². The lowest BCUT2D eigenvalue weighted by atomic mass is 9.84. The number of nitrogens with zero attached hydrogens (tertiary/aromatic N) is 4. The van der Waals surface area contributed by atoms with Gasteiger partial charge in [0.1, 0.15) is 0 Å². The second-order valence-electron chi connectivity index (χ2n) is 7.38. The monoisotopic (exact) mass is 370 g/mol. The van der Waals surface area contributed by atoms with Gasteiger partial charge >= 0.3 is 0 Å². The molecule has 2 aromatic rings. The molecule has 1 aliphatic carbocycles. The van der Waals surface area contributed by atoms with Crippen LogP contribution in [0.5, 0.6) is 0 Å². The third-order valence-electron chi connectivity index (χ3n) is 5.76. The number of hydrogen-bond acceptors (Lipinski definition) is 5. The van der Waals surface area contributed by atoms with Gasteiger partial charge in [-0.2, -0.15) is 0 Å². The van der Waals surface area contributed by atoms with Crippen molar-refractivity contribution in [2.24, 2.45) is 5.92 Å². The summed E-state index contributed by atoms with van der Waals surface area (Å²) in [6, 6.07) is 5.81. The normalized spacial score (nSPS) is 18.0.